The lowest BCUT2D eigenvalue weighted by atomic mass is 10.2. The Morgan fingerprint density at radius 1 is 1.03 bits per heavy atom. The SMILES string of the molecule is CP(C)(=O)c1ccccc1Nc1nc(Nc2ccc3c(c2)OCCO3)ncc1Cl. The zero-order chi connectivity index (χ0) is 20.4. The van der Waals surface area contributed by atoms with Gasteiger partial charge in [0.05, 0.1) is 11.9 Å². The summed E-state index contributed by atoms with van der Waals surface area (Å²) in [6.45, 7) is 4.51. The van der Waals surface area contributed by atoms with Gasteiger partial charge in [0, 0.05) is 17.1 Å². The van der Waals surface area contributed by atoms with E-state index in [0.29, 0.717) is 47.2 Å². The highest BCUT2D eigenvalue weighted by Crippen LogP contribution is 2.39. The topological polar surface area (TPSA) is 85.4 Å². The molecule has 0 saturated carbocycles. The smallest absolute Gasteiger partial charge is 0.229 e. The first kappa shape index (κ1) is 19.6. The Bertz CT molecular complexity index is 1100. The number of aromatic nitrogens is 2. The number of halogens is 1. The van der Waals surface area contributed by atoms with E-state index in [1.54, 1.807) is 13.3 Å². The molecule has 0 amide bonds. The maximum Gasteiger partial charge on any atom is 0.229 e. The van der Waals surface area contributed by atoms with Crippen molar-refractivity contribution in [3.8, 4) is 11.5 Å². The van der Waals surface area contributed by atoms with Crippen LogP contribution in [0.5, 0.6) is 11.5 Å². The Balaban J connectivity index is 1.60. The Labute approximate surface area is 173 Å². The number of nitrogens with one attached hydrogen (secondary N) is 2. The van der Waals surface area contributed by atoms with Crippen molar-refractivity contribution in [2.45, 2.75) is 0 Å². The molecule has 0 saturated heterocycles. The predicted octanol–water partition coefficient (Wildman–Crippen LogP) is 4.64. The molecule has 7 nitrogen and oxygen atoms in total. The van der Waals surface area contributed by atoms with Crippen molar-refractivity contribution in [3.05, 3.63) is 53.7 Å². The van der Waals surface area contributed by atoms with E-state index in [4.69, 9.17) is 21.1 Å². The fraction of sp³-hybridized carbons (Fsp3) is 0.200. The zero-order valence-electron chi connectivity index (χ0n) is 16.0. The Morgan fingerprint density at radius 2 is 1.79 bits per heavy atom. The molecule has 2 heterocycles. The molecule has 0 unspecified atom stereocenters. The quantitative estimate of drug-likeness (QED) is 0.570. The summed E-state index contributed by atoms with van der Waals surface area (Å²) in [5.41, 5.74) is 1.46. The summed E-state index contributed by atoms with van der Waals surface area (Å²) >= 11 is 6.29. The van der Waals surface area contributed by atoms with Gasteiger partial charge in [0.25, 0.3) is 0 Å². The number of para-hydroxylation sites is 1. The fourth-order valence-electron chi connectivity index (χ4n) is 2.94. The third kappa shape index (κ3) is 4.47. The molecule has 29 heavy (non-hydrogen) atoms. The lowest BCUT2D eigenvalue weighted by Gasteiger charge is -2.19. The fourth-order valence-corrected chi connectivity index (χ4v) is 4.24. The summed E-state index contributed by atoms with van der Waals surface area (Å²) < 4.78 is 23.7. The van der Waals surface area contributed by atoms with Gasteiger partial charge in [0.1, 0.15) is 25.4 Å². The van der Waals surface area contributed by atoms with Gasteiger partial charge in [-0.15, -0.1) is 0 Å². The predicted molar refractivity (Wildman–Crippen MR) is 117 cm³/mol. The summed E-state index contributed by atoms with van der Waals surface area (Å²) in [5.74, 6) is 2.16. The van der Waals surface area contributed by atoms with Crippen LogP contribution in [0.15, 0.2) is 48.7 Å². The molecule has 1 aromatic heterocycles. The van der Waals surface area contributed by atoms with E-state index in [-0.39, 0.29) is 0 Å². The molecule has 0 atom stereocenters. The normalized spacial score (nSPS) is 13.1. The van der Waals surface area contributed by atoms with Crippen molar-refractivity contribution in [2.75, 3.05) is 37.2 Å². The van der Waals surface area contributed by atoms with E-state index in [9.17, 15) is 4.57 Å². The van der Waals surface area contributed by atoms with Gasteiger partial charge in [-0.3, -0.25) is 0 Å². The van der Waals surface area contributed by atoms with Crippen LogP contribution in [0.1, 0.15) is 0 Å². The second-order valence-electron chi connectivity index (χ2n) is 6.87. The molecule has 2 aromatic carbocycles. The lowest BCUT2D eigenvalue weighted by molar-refractivity contribution is 0.171. The van der Waals surface area contributed by atoms with Crippen LogP contribution in [-0.4, -0.2) is 36.5 Å². The van der Waals surface area contributed by atoms with Gasteiger partial charge in [-0.05, 0) is 37.6 Å². The first-order valence-corrected chi connectivity index (χ1v) is 12.0. The third-order valence-corrected chi connectivity index (χ3v) is 6.11. The first-order chi connectivity index (χ1) is 13.9. The van der Waals surface area contributed by atoms with Gasteiger partial charge in [-0.1, -0.05) is 23.7 Å². The number of benzene rings is 2. The molecule has 150 valence electrons. The summed E-state index contributed by atoms with van der Waals surface area (Å²) in [6.07, 6.45) is 1.51. The van der Waals surface area contributed by atoms with Crippen LogP contribution in [-0.2, 0) is 4.57 Å². The number of nitrogens with zero attached hydrogens (tertiary/aromatic N) is 2. The number of hydrogen-bond donors (Lipinski definition) is 2. The van der Waals surface area contributed by atoms with Crippen molar-refractivity contribution in [1.29, 1.82) is 0 Å². The molecule has 4 rings (SSSR count). The lowest BCUT2D eigenvalue weighted by Crippen LogP contribution is -2.15. The van der Waals surface area contributed by atoms with Gasteiger partial charge < -0.3 is 24.7 Å². The largest absolute Gasteiger partial charge is 0.486 e. The molecule has 2 N–H and O–H groups in total. The molecule has 0 bridgehead atoms. The molecule has 0 fully saturated rings. The van der Waals surface area contributed by atoms with Crippen LogP contribution < -0.4 is 25.4 Å². The van der Waals surface area contributed by atoms with Crippen LogP contribution in [0, 0.1) is 0 Å². The van der Waals surface area contributed by atoms with Gasteiger partial charge in [0.2, 0.25) is 5.95 Å². The summed E-state index contributed by atoms with van der Waals surface area (Å²) in [7, 11) is -2.48. The summed E-state index contributed by atoms with van der Waals surface area (Å²) in [4.78, 5) is 8.71. The van der Waals surface area contributed by atoms with Crippen LogP contribution in [0.2, 0.25) is 5.02 Å². The summed E-state index contributed by atoms with van der Waals surface area (Å²) in [6, 6.07) is 12.9. The standard InChI is InChI=1S/C20H20ClN4O3P/c1-29(2,26)18-6-4-3-5-15(18)24-19-14(21)12-22-20(25-19)23-13-7-8-16-17(11-13)28-10-9-27-16/h3-8,11-12H,9-10H2,1-2H3,(H2,22,23,24,25). The number of rotatable bonds is 5. The monoisotopic (exact) mass is 430 g/mol. The van der Waals surface area contributed by atoms with Gasteiger partial charge in [0.15, 0.2) is 17.3 Å². The summed E-state index contributed by atoms with van der Waals surface area (Å²) in [5, 5.41) is 7.41. The minimum Gasteiger partial charge on any atom is -0.486 e. The molecule has 3 aromatic rings. The van der Waals surface area contributed by atoms with Crippen LogP contribution in [0.3, 0.4) is 0 Å². The number of anilines is 4. The maximum absolute atomic E-state index is 12.6. The number of ether oxygens (including phenoxy) is 2. The average Bonchev–Trinajstić information content (AvgIpc) is 2.70. The molecular weight excluding hydrogens is 411 g/mol. The van der Waals surface area contributed by atoms with Crippen molar-refractivity contribution < 1.29 is 14.0 Å². The van der Waals surface area contributed by atoms with Gasteiger partial charge in [-0.2, -0.15) is 4.98 Å². The maximum atomic E-state index is 12.6. The minimum atomic E-state index is -2.48. The molecule has 1 aliphatic rings. The van der Waals surface area contributed by atoms with Crippen LogP contribution in [0.25, 0.3) is 0 Å². The number of fused-ring (bicyclic) bond motifs is 1. The molecule has 0 aliphatic carbocycles. The van der Waals surface area contributed by atoms with Crippen molar-refractivity contribution in [1.82, 2.24) is 9.97 Å². The van der Waals surface area contributed by atoms with E-state index in [1.807, 2.05) is 42.5 Å². The van der Waals surface area contributed by atoms with E-state index in [2.05, 4.69) is 20.6 Å². The molecular formula is C20H20ClN4O3P. The molecule has 0 spiro atoms. The van der Waals surface area contributed by atoms with Gasteiger partial charge >= 0.3 is 0 Å². The van der Waals surface area contributed by atoms with E-state index >= 15 is 0 Å². The Morgan fingerprint density at radius 3 is 2.59 bits per heavy atom. The van der Waals surface area contributed by atoms with Crippen molar-refractivity contribution in [2.24, 2.45) is 0 Å². The Kier molecular flexibility index (Phi) is 5.35. The second-order valence-corrected chi connectivity index (χ2v) is 10.5. The van der Waals surface area contributed by atoms with E-state index in [0.717, 1.165) is 11.0 Å². The minimum absolute atomic E-state index is 0.356. The van der Waals surface area contributed by atoms with Crippen LogP contribution in [0.4, 0.5) is 23.1 Å². The highest BCUT2D eigenvalue weighted by molar-refractivity contribution is 7.70. The highest BCUT2D eigenvalue weighted by atomic mass is 35.5. The zero-order valence-corrected chi connectivity index (χ0v) is 17.6. The number of hydrogen-bond acceptors (Lipinski definition) is 7. The van der Waals surface area contributed by atoms with E-state index < -0.39 is 7.14 Å². The van der Waals surface area contributed by atoms with Crippen molar-refractivity contribution >= 4 is 47.2 Å². The second kappa shape index (κ2) is 7.93. The third-order valence-electron chi connectivity index (χ3n) is 4.28. The highest BCUT2D eigenvalue weighted by Gasteiger charge is 2.17. The van der Waals surface area contributed by atoms with E-state index in [1.165, 1.54) is 6.20 Å². The van der Waals surface area contributed by atoms with Crippen molar-refractivity contribution in [3.63, 3.8) is 0 Å². The van der Waals surface area contributed by atoms with Crippen LogP contribution >= 0.6 is 18.7 Å². The molecule has 0 radical (unpaired) electrons. The Hall–Kier alpha value is -2.76. The molecule has 9 heteroatoms. The van der Waals surface area contributed by atoms with Gasteiger partial charge in [-0.25, -0.2) is 4.98 Å². The molecule has 1 aliphatic heterocycles. The average molecular weight is 431 g/mol. The first-order valence-electron chi connectivity index (χ1n) is 9.01.